The SMILES string of the molecule is CCCCc1noc(C)c1/C=C/c1nc(C)c(C(=O)NC(C)CO)s1. The van der Waals surface area contributed by atoms with Crippen LogP contribution in [0, 0.1) is 13.8 Å². The number of aryl methyl sites for hydroxylation is 3. The Morgan fingerprint density at radius 3 is 2.84 bits per heavy atom. The van der Waals surface area contributed by atoms with Crippen molar-refractivity contribution in [3.05, 3.63) is 32.6 Å². The maximum atomic E-state index is 12.2. The lowest BCUT2D eigenvalue weighted by molar-refractivity contribution is 0.0925. The summed E-state index contributed by atoms with van der Waals surface area (Å²) in [5.41, 5.74) is 2.63. The highest BCUT2D eigenvalue weighted by molar-refractivity contribution is 7.14. The van der Waals surface area contributed by atoms with Gasteiger partial charge in [-0.15, -0.1) is 11.3 Å². The zero-order valence-corrected chi connectivity index (χ0v) is 15.9. The summed E-state index contributed by atoms with van der Waals surface area (Å²) >= 11 is 1.33. The molecule has 2 heterocycles. The summed E-state index contributed by atoms with van der Waals surface area (Å²) in [6, 6.07) is -0.284. The number of nitrogens with zero attached hydrogens (tertiary/aromatic N) is 2. The molecule has 25 heavy (non-hydrogen) atoms. The summed E-state index contributed by atoms with van der Waals surface area (Å²) in [7, 11) is 0. The maximum Gasteiger partial charge on any atom is 0.263 e. The minimum absolute atomic E-state index is 0.0936. The zero-order valence-electron chi connectivity index (χ0n) is 15.1. The van der Waals surface area contributed by atoms with Crippen LogP contribution in [0.1, 0.15) is 64.1 Å². The minimum Gasteiger partial charge on any atom is -0.394 e. The first-order chi connectivity index (χ1) is 12.0. The molecule has 136 valence electrons. The Labute approximate surface area is 152 Å². The number of nitrogens with one attached hydrogen (secondary N) is 1. The van der Waals surface area contributed by atoms with E-state index >= 15 is 0 Å². The molecule has 0 radical (unpaired) electrons. The molecule has 2 rings (SSSR count). The number of carbonyl (C=O) groups excluding carboxylic acids is 1. The second-order valence-corrected chi connectivity index (χ2v) is 7.09. The number of amides is 1. The van der Waals surface area contributed by atoms with E-state index in [4.69, 9.17) is 9.63 Å². The second kappa shape index (κ2) is 8.92. The van der Waals surface area contributed by atoms with E-state index in [0.29, 0.717) is 10.6 Å². The fourth-order valence-corrected chi connectivity index (χ4v) is 3.22. The monoisotopic (exact) mass is 363 g/mol. The Morgan fingerprint density at radius 1 is 1.40 bits per heavy atom. The summed E-state index contributed by atoms with van der Waals surface area (Å²) < 4.78 is 5.30. The van der Waals surface area contributed by atoms with Gasteiger partial charge in [0.2, 0.25) is 0 Å². The van der Waals surface area contributed by atoms with Crippen LogP contribution >= 0.6 is 11.3 Å². The molecule has 0 aliphatic heterocycles. The van der Waals surface area contributed by atoms with Crippen molar-refractivity contribution in [2.45, 2.75) is 53.0 Å². The van der Waals surface area contributed by atoms with Crippen LogP contribution in [0.5, 0.6) is 0 Å². The van der Waals surface area contributed by atoms with E-state index in [1.807, 2.05) is 26.0 Å². The predicted octanol–water partition coefficient (Wildman–Crippen LogP) is 3.37. The van der Waals surface area contributed by atoms with E-state index in [9.17, 15) is 4.79 Å². The number of thiazole rings is 1. The molecule has 0 saturated heterocycles. The average Bonchev–Trinajstić information content (AvgIpc) is 3.13. The van der Waals surface area contributed by atoms with Crippen LogP contribution in [0.15, 0.2) is 4.52 Å². The molecule has 6 nitrogen and oxygen atoms in total. The van der Waals surface area contributed by atoms with Crippen molar-refractivity contribution in [2.24, 2.45) is 0 Å². The van der Waals surface area contributed by atoms with Gasteiger partial charge < -0.3 is 14.9 Å². The largest absolute Gasteiger partial charge is 0.394 e. The van der Waals surface area contributed by atoms with Gasteiger partial charge in [-0.25, -0.2) is 4.98 Å². The first kappa shape index (κ1) is 19.3. The third kappa shape index (κ3) is 4.99. The highest BCUT2D eigenvalue weighted by Gasteiger charge is 2.16. The summed E-state index contributed by atoms with van der Waals surface area (Å²) in [6.07, 6.45) is 6.89. The Balaban J connectivity index is 2.16. The van der Waals surface area contributed by atoms with Gasteiger partial charge in [-0.1, -0.05) is 18.5 Å². The molecular formula is C18H25N3O3S. The van der Waals surface area contributed by atoms with Gasteiger partial charge >= 0.3 is 0 Å². The Bertz CT molecular complexity index is 749. The Morgan fingerprint density at radius 2 is 2.16 bits per heavy atom. The van der Waals surface area contributed by atoms with Crippen molar-refractivity contribution in [3.63, 3.8) is 0 Å². The number of unbranched alkanes of at least 4 members (excludes halogenated alkanes) is 1. The lowest BCUT2D eigenvalue weighted by Crippen LogP contribution is -2.34. The molecule has 1 atom stereocenters. The molecule has 7 heteroatoms. The number of aliphatic hydroxyl groups excluding tert-OH is 1. The summed E-state index contributed by atoms with van der Waals surface area (Å²) in [5.74, 6) is 0.575. The highest BCUT2D eigenvalue weighted by atomic mass is 32.1. The molecule has 0 aromatic carbocycles. The molecule has 0 spiro atoms. The number of aromatic nitrogens is 2. The van der Waals surface area contributed by atoms with E-state index < -0.39 is 0 Å². The lowest BCUT2D eigenvalue weighted by atomic mass is 10.1. The topological polar surface area (TPSA) is 88.2 Å². The molecule has 0 fully saturated rings. The lowest BCUT2D eigenvalue weighted by Gasteiger charge is -2.09. The van der Waals surface area contributed by atoms with Crippen LogP contribution in [0.4, 0.5) is 0 Å². The van der Waals surface area contributed by atoms with Gasteiger partial charge in [0.25, 0.3) is 5.91 Å². The van der Waals surface area contributed by atoms with Crippen molar-refractivity contribution in [1.82, 2.24) is 15.5 Å². The maximum absolute atomic E-state index is 12.2. The second-order valence-electron chi connectivity index (χ2n) is 6.06. The third-order valence-corrected chi connectivity index (χ3v) is 4.93. The molecule has 2 aromatic rings. The van der Waals surface area contributed by atoms with E-state index in [0.717, 1.165) is 41.3 Å². The van der Waals surface area contributed by atoms with Crippen LogP contribution in [0.3, 0.4) is 0 Å². The molecule has 0 bridgehead atoms. The molecule has 0 aliphatic carbocycles. The summed E-state index contributed by atoms with van der Waals surface area (Å²) in [6.45, 7) is 7.50. The Kier molecular flexibility index (Phi) is 6.90. The predicted molar refractivity (Wildman–Crippen MR) is 99.6 cm³/mol. The molecular weight excluding hydrogens is 338 g/mol. The van der Waals surface area contributed by atoms with Crippen molar-refractivity contribution >= 4 is 29.4 Å². The van der Waals surface area contributed by atoms with Crippen LogP contribution in [-0.2, 0) is 6.42 Å². The van der Waals surface area contributed by atoms with Crippen molar-refractivity contribution in [2.75, 3.05) is 6.61 Å². The van der Waals surface area contributed by atoms with Crippen molar-refractivity contribution in [1.29, 1.82) is 0 Å². The number of hydrogen-bond acceptors (Lipinski definition) is 6. The summed E-state index contributed by atoms with van der Waals surface area (Å²) in [4.78, 5) is 17.2. The van der Waals surface area contributed by atoms with Gasteiger partial charge in [0.05, 0.1) is 18.0 Å². The first-order valence-electron chi connectivity index (χ1n) is 8.48. The van der Waals surface area contributed by atoms with E-state index in [1.54, 1.807) is 6.92 Å². The summed E-state index contributed by atoms with van der Waals surface area (Å²) in [5, 5.41) is 16.7. The molecule has 0 aliphatic rings. The number of aliphatic hydroxyl groups is 1. The van der Waals surface area contributed by atoms with Crippen LogP contribution < -0.4 is 5.32 Å². The fraction of sp³-hybridized carbons (Fsp3) is 0.500. The van der Waals surface area contributed by atoms with Gasteiger partial charge in [-0.2, -0.15) is 0 Å². The number of carbonyl (C=O) groups is 1. The molecule has 2 N–H and O–H groups in total. The van der Waals surface area contributed by atoms with Crippen LogP contribution in [-0.4, -0.2) is 33.8 Å². The van der Waals surface area contributed by atoms with E-state index in [1.165, 1.54) is 11.3 Å². The molecule has 2 aromatic heterocycles. The van der Waals surface area contributed by atoms with E-state index in [-0.39, 0.29) is 18.6 Å². The third-order valence-electron chi connectivity index (χ3n) is 3.81. The molecule has 1 unspecified atom stereocenters. The standard InChI is InChI=1S/C18H25N3O3S/c1-5-6-7-15-14(13(4)24-21-15)8-9-16-20-12(3)17(25-16)18(23)19-11(2)10-22/h8-9,11,22H,5-7,10H2,1-4H3,(H,19,23)/b9-8+. The van der Waals surface area contributed by atoms with E-state index in [2.05, 4.69) is 22.4 Å². The van der Waals surface area contributed by atoms with Gasteiger partial charge in [0.1, 0.15) is 15.6 Å². The zero-order chi connectivity index (χ0) is 18.4. The first-order valence-corrected chi connectivity index (χ1v) is 9.30. The van der Waals surface area contributed by atoms with Gasteiger partial charge in [0.15, 0.2) is 0 Å². The van der Waals surface area contributed by atoms with Gasteiger partial charge in [0, 0.05) is 11.6 Å². The average molecular weight is 363 g/mol. The molecule has 0 saturated carbocycles. The smallest absolute Gasteiger partial charge is 0.263 e. The highest BCUT2D eigenvalue weighted by Crippen LogP contribution is 2.23. The minimum atomic E-state index is -0.284. The van der Waals surface area contributed by atoms with Crippen LogP contribution in [0.25, 0.3) is 12.2 Å². The van der Waals surface area contributed by atoms with Gasteiger partial charge in [-0.05, 0) is 45.8 Å². The quantitative estimate of drug-likeness (QED) is 0.751. The molecule has 1 amide bonds. The van der Waals surface area contributed by atoms with Crippen molar-refractivity contribution < 1.29 is 14.4 Å². The van der Waals surface area contributed by atoms with Gasteiger partial charge in [-0.3, -0.25) is 4.79 Å². The number of hydrogen-bond donors (Lipinski definition) is 2. The number of rotatable bonds is 8. The normalized spacial score (nSPS) is 12.7. The van der Waals surface area contributed by atoms with Crippen LogP contribution in [0.2, 0.25) is 0 Å². The Hall–Kier alpha value is -1.99. The fourth-order valence-electron chi connectivity index (χ4n) is 2.35. The van der Waals surface area contributed by atoms with Crippen molar-refractivity contribution in [3.8, 4) is 0 Å².